The topological polar surface area (TPSA) is 0 Å². The fourth-order valence-electron chi connectivity index (χ4n) is 2.97. The van der Waals surface area contributed by atoms with Gasteiger partial charge in [-0.05, 0) is 0 Å². The molecule has 0 amide bonds. The Morgan fingerprint density at radius 3 is 2.22 bits per heavy atom. The molecule has 102 valence electrons. The fourth-order valence-corrected chi connectivity index (χ4v) is 8.03. The fraction of sp³-hybridized carbons (Fsp3) is 0.692. The Hall–Kier alpha value is 1.28. The summed E-state index contributed by atoms with van der Waals surface area (Å²) in [5.74, 6) is 0. The molecular weight excluding hydrogens is 338 g/mol. The molecule has 0 saturated heterocycles. The summed E-state index contributed by atoms with van der Waals surface area (Å²) in [6.45, 7) is 7.48. The second-order valence-corrected chi connectivity index (χ2v) is 13.1. The standard InChI is InChI=1S/C13H21Si.3ClH.Ti/c1-14(2,3)10-12-9-8-11-6-4-5-7-13(11)12;;;;/h8-9H,4-7,10H2,1-3H3;3*1H;/q;;;;+3/p-3. The van der Waals surface area contributed by atoms with Crippen LogP contribution in [0.3, 0.4) is 0 Å². The Morgan fingerprint density at radius 2 is 1.67 bits per heavy atom. The maximum atomic E-state index is 2.50. The van der Waals surface area contributed by atoms with Crippen LogP contribution in [0.15, 0.2) is 23.3 Å². The van der Waals surface area contributed by atoms with Gasteiger partial charge < -0.3 is 37.2 Å². The van der Waals surface area contributed by atoms with Crippen molar-refractivity contribution < 1.29 is 57.7 Å². The van der Waals surface area contributed by atoms with Gasteiger partial charge in [-0.15, -0.1) is 0 Å². The minimum absolute atomic E-state index is 0. The van der Waals surface area contributed by atoms with Crippen LogP contribution in [0.5, 0.6) is 0 Å². The zero-order valence-corrected chi connectivity index (χ0v) is 16.2. The van der Waals surface area contributed by atoms with Crippen LogP contribution in [0.25, 0.3) is 0 Å². The first-order valence-electron chi connectivity index (χ1n) is 6.07. The van der Waals surface area contributed by atoms with Gasteiger partial charge in [0, 0.05) is 0 Å². The van der Waals surface area contributed by atoms with Gasteiger partial charge in [-0.2, -0.15) is 0 Å². The Labute approximate surface area is 143 Å². The number of hydrogen-bond acceptors (Lipinski definition) is 0. The van der Waals surface area contributed by atoms with Crippen LogP contribution in [-0.4, -0.2) is 8.07 Å². The molecule has 2 rings (SSSR count). The van der Waals surface area contributed by atoms with E-state index in [1.165, 1.54) is 31.7 Å². The quantitative estimate of drug-likeness (QED) is 0.436. The van der Waals surface area contributed by atoms with Crippen LogP contribution in [0.1, 0.15) is 25.7 Å². The van der Waals surface area contributed by atoms with E-state index in [4.69, 9.17) is 0 Å². The van der Waals surface area contributed by atoms with Crippen LogP contribution in [0, 0.1) is 0 Å². The molecule has 2 aliphatic rings. The van der Waals surface area contributed by atoms with E-state index in [-0.39, 0.29) is 37.2 Å². The van der Waals surface area contributed by atoms with Crippen LogP contribution in [-0.2, 0) is 20.4 Å². The predicted octanol–water partition coefficient (Wildman–Crippen LogP) is -4.52. The molecule has 0 aromatic carbocycles. The Kier molecular flexibility index (Phi) is 9.48. The molecule has 5 heteroatoms. The van der Waals surface area contributed by atoms with Gasteiger partial charge in [0.05, 0.1) is 0 Å². The van der Waals surface area contributed by atoms with Gasteiger partial charge in [0.25, 0.3) is 0 Å². The molecule has 0 nitrogen and oxygen atoms in total. The van der Waals surface area contributed by atoms with Gasteiger partial charge >= 0.3 is 107 Å². The third kappa shape index (κ3) is 5.00. The molecule has 0 heterocycles. The van der Waals surface area contributed by atoms with Crippen molar-refractivity contribution in [3.63, 3.8) is 0 Å². The predicted molar refractivity (Wildman–Crippen MR) is 65.5 cm³/mol. The van der Waals surface area contributed by atoms with Crippen molar-refractivity contribution in [1.82, 2.24) is 0 Å². The Bertz CT molecular complexity index is 334. The summed E-state index contributed by atoms with van der Waals surface area (Å²) < 4.78 is 0.431. The summed E-state index contributed by atoms with van der Waals surface area (Å²) in [5, 5.41) is 0. The van der Waals surface area contributed by atoms with Crippen molar-refractivity contribution in [3.05, 3.63) is 23.3 Å². The van der Waals surface area contributed by atoms with Crippen molar-refractivity contribution in [2.45, 2.75) is 55.1 Å². The van der Waals surface area contributed by atoms with Crippen LogP contribution in [0.4, 0.5) is 0 Å². The molecule has 0 saturated carbocycles. The molecule has 18 heavy (non-hydrogen) atoms. The van der Waals surface area contributed by atoms with E-state index in [1.54, 1.807) is 11.1 Å². The Morgan fingerprint density at radius 1 is 1.11 bits per heavy atom. The number of rotatable bonds is 2. The largest absolute Gasteiger partial charge is 1.00 e. The van der Waals surface area contributed by atoms with E-state index in [0.29, 0.717) is 3.72 Å². The summed E-state index contributed by atoms with van der Waals surface area (Å²) in [6, 6.07) is 1.43. The summed E-state index contributed by atoms with van der Waals surface area (Å²) in [4.78, 5) is 0. The molecule has 0 aromatic heterocycles. The molecule has 0 aromatic rings. The normalized spacial score (nSPS) is 25.8. The first kappa shape index (κ1) is 21.6. The van der Waals surface area contributed by atoms with E-state index < -0.39 is 8.07 Å². The molecule has 0 bridgehead atoms. The molecule has 0 aliphatic heterocycles. The van der Waals surface area contributed by atoms with E-state index in [2.05, 4.69) is 52.2 Å². The first-order chi connectivity index (χ1) is 6.91. The number of hydrogen-bond donors (Lipinski definition) is 0. The van der Waals surface area contributed by atoms with Crippen LogP contribution in [0.2, 0.25) is 29.4 Å². The Balaban J connectivity index is 0. The zero-order chi connectivity index (χ0) is 11.1. The molecule has 2 aliphatic carbocycles. The summed E-state index contributed by atoms with van der Waals surface area (Å²) in [6.07, 6.45) is 10.5. The van der Waals surface area contributed by atoms with Gasteiger partial charge in [0.15, 0.2) is 0 Å². The minimum Gasteiger partial charge on any atom is -1.00 e. The van der Waals surface area contributed by atoms with Gasteiger partial charge in [0.2, 0.25) is 0 Å². The molecule has 1 unspecified atom stereocenters. The molecule has 1 atom stereocenters. The smallest absolute Gasteiger partial charge is 1.00 e. The maximum Gasteiger partial charge on any atom is -1.00 e. The van der Waals surface area contributed by atoms with Crippen molar-refractivity contribution in [3.8, 4) is 0 Å². The molecule has 0 radical (unpaired) electrons. The van der Waals surface area contributed by atoms with Gasteiger partial charge in [-0.3, -0.25) is 0 Å². The van der Waals surface area contributed by atoms with Crippen molar-refractivity contribution in [1.29, 1.82) is 0 Å². The summed E-state index contributed by atoms with van der Waals surface area (Å²) in [7, 11) is -0.956. The second kappa shape index (κ2) is 7.90. The van der Waals surface area contributed by atoms with E-state index in [9.17, 15) is 0 Å². The monoisotopic (exact) mass is 358 g/mol. The first-order valence-corrected chi connectivity index (χ1v) is 10.6. The average molecular weight is 360 g/mol. The van der Waals surface area contributed by atoms with E-state index in [0.717, 1.165) is 0 Å². The number of halogens is 3. The van der Waals surface area contributed by atoms with Crippen molar-refractivity contribution in [2.24, 2.45) is 0 Å². The minimum atomic E-state index is -0.956. The van der Waals surface area contributed by atoms with Crippen LogP contribution < -0.4 is 37.2 Å². The molecular formula is C13H21Cl3SiTi. The van der Waals surface area contributed by atoms with Crippen LogP contribution >= 0.6 is 0 Å². The molecule has 0 fully saturated rings. The summed E-state index contributed by atoms with van der Waals surface area (Å²) >= 11 is 2.47. The third-order valence-electron chi connectivity index (χ3n) is 3.43. The van der Waals surface area contributed by atoms with Crippen molar-refractivity contribution >= 4 is 8.07 Å². The SMILES string of the molecule is C[Si](C)(C)C[C]1([Ti+3])C=CC2=C1CCCC2.[Cl-].[Cl-].[Cl-]. The van der Waals surface area contributed by atoms with Gasteiger partial charge in [0.1, 0.15) is 0 Å². The molecule has 0 spiro atoms. The maximum absolute atomic E-state index is 2.50. The van der Waals surface area contributed by atoms with Gasteiger partial charge in [-0.25, -0.2) is 0 Å². The average Bonchev–Trinajstić information content (AvgIpc) is 2.42. The number of allylic oxidation sites excluding steroid dienone is 4. The molecule has 0 N–H and O–H groups in total. The van der Waals surface area contributed by atoms with E-state index >= 15 is 0 Å². The third-order valence-corrected chi connectivity index (χ3v) is 6.61. The van der Waals surface area contributed by atoms with Gasteiger partial charge in [-0.1, -0.05) is 0 Å². The zero-order valence-electron chi connectivity index (χ0n) is 11.3. The second-order valence-electron chi connectivity index (χ2n) is 6.25. The summed E-state index contributed by atoms with van der Waals surface area (Å²) in [5.41, 5.74) is 3.47. The van der Waals surface area contributed by atoms with E-state index in [1.807, 2.05) is 0 Å². The van der Waals surface area contributed by atoms with Crippen molar-refractivity contribution in [2.75, 3.05) is 0 Å².